The molecule has 41 heavy (non-hydrogen) atoms. The summed E-state index contributed by atoms with van der Waals surface area (Å²) < 4.78 is 52.2. The van der Waals surface area contributed by atoms with Gasteiger partial charge in [0.05, 0.1) is 18.9 Å². The smallest absolute Gasteiger partial charge is 0.314 e. The molecule has 0 spiro atoms. The first-order valence-electron chi connectivity index (χ1n) is 12.2. The Balaban J connectivity index is 1.75. The number of hydrogen-bond donors (Lipinski definition) is 2. The van der Waals surface area contributed by atoms with Crippen molar-refractivity contribution in [2.75, 3.05) is 12.4 Å². The van der Waals surface area contributed by atoms with Crippen molar-refractivity contribution in [1.29, 1.82) is 0 Å². The second kappa shape index (κ2) is 12.3. The van der Waals surface area contributed by atoms with Crippen molar-refractivity contribution in [1.82, 2.24) is 14.8 Å². The first kappa shape index (κ1) is 29.3. The number of primary amides is 1. The minimum atomic E-state index is -2.98. The average molecular weight is 590 g/mol. The number of nitrogens with two attached hydrogens (primary N) is 1. The number of ether oxygens (including phenoxy) is 1. The predicted octanol–water partition coefficient (Wildman–Crippen LogP) is 5.38. The Morgan fingerprint density at radius 3 is 2.49 bits per heavy atom. The van der Waals surface area contributed by atoms with Crippen molar-refractivity contribution in [2.45, 2.75) is 32.2 Å². The SMILES string of the molecule is CCCC(C(=O)Nc1ccc(C(N)=O)c(F)c1)n1cc(OC)c(-c2cc(Cl)ccc2-c2nnc(C(F)F)o2)cc1=O. The van der Waals surface area contributed by atoms with Gasteiger partial charge in [0.25, 0.3) is 17.4 Å². The van der Waals surface area contributed by atoms with Crippen molar-refractivity contribution in [3.05, 3.63) is 81.3 Å². The van der Waals surface area contributed by atoms with Gasteiger partial charge in [-0.1, -0.05) is 24.9 Å². The number of pyridine rings is 1. The fraction of sp³-hybridized carbons (Fsp3) is 0.222. The fourth-order valence-electron chi connectivity index (χ4n) is 4.19. The highest BCUT2D eigenvalue weighted by atomic mass is 35.5. The topological polar surface area (TPSA) is 142 Å². The number of carbonyl (C=O) groups is 2. The molecule has 0 aliphatic carbocycles. The lowest BCUT2D eigenvalue weighted by Crippen LogP contribution is -2.33. The van der Waals surface area contributed by atoms with Crippen LogP contribution in [0.3, 0.4) is 0 Å². The second-order valence-corrected chi connectivity index (χ2v) is 9.23. The summed E-state index contributed by atoms with van der Waals surface area (Å²) in [5.74, 6) is -3.45. The molecular weight excluding hydrogens is 567 g/mol. The molecule has 0 saturated carbocycles. The molecule has 2 amide bonds. The van der Waals surface area contributed by atoms with Gasteiger partial charge in [-0.2, -0.15) is 8.78 Å². The highest BCUT2D eigenvalue weighted by Gasteiger charge is 2.25. The number of anilines is 1. The van der Waals surface area contributed by atoms with Gasteiger partial charge in [0.2, 0.25) is 11.8 Å². The van der Waals surface area contributed by atoms with Gasteiger partial charge >= 0.3 is 6.43 Å². The molecule has 10 nitrogen and oxygen atoms in total. The third kappa shape index (κ3) is 6.24. The van der Waals surface area contributed by atoms with Crippen LogP contribution in [0.1, 0.15) is 48.5 Å². The van der Waals surface area contributed by atoms with Crippen molar-refractivity contribution in [3.8, 4) is 28.3 Å². The summed E-state index contributed by atoms with van der Waals surface area (Å²) in [4.78, 5) is 37.9. The number of benzene rings is 2. The second-order valence-electron chi connectivity index (χ2n) is 8.79. The number of aromatic nitrogens is 3. The van der Waals surface area contributed by atoms with Gasteiger partial charge in [0, 0.05) is 27.9 Å². The Morgan fingerprint density at radius 2 is 1.88 bits per heavy atom. The Hall–Kier alpha value is -4.65. The number of nitrogens with one attached hydrogen (secondary N) is 1. The lowest BCUT2D eigenvalue weighted by atomic mass is 9.99. The monoisotopic (exact) mass is 589 g/mol. The zero-order valence-electron chi connectivity index (χ0n) is 21.7. The summed E-state index contributed by atoms with van der Waals surface area (Å²) in [5, 5.41) is 9.86. The largest absolute Gasteiger partial charge is 0.495 e. The van der Waals surface area contributed by atoms with Crippen LogP contribution in [0.2, 0.25) is 5.02 Å². The van der Waals surface area contributed by atoms with Gasteiger partial charge in [-0.3, -0.25) is 19.0 Å². The van der Waals surface area contributed by atoms with Gasteiger partial charge in [-0.15, -0.1) is 10.2 Å². The van der Waals surface area contributed by atoms with E-state index in [-0.39, 0.29) is 51.0 Å². The molecule has 1 unspecified atom stereocenters. The molecule has 4 aromatic rings. The van der Waals surface area contributed by atoms with E-state index in [1.165, 1.54) is 48.2 Å². The number of rotatable bonds is 10. The number of alkyl halides is 2. The van der Waals surface area contributed by atoms with Crippen LogP contribution in [0.5, 0.6) is 5.75 Å². The van der Waals surface area contributed by atoms with E-state index in [1.54, 1.807) is 0 Å². The maximum Gasteiger partial charge on any atom is 0.314 e. The molecule has 0 bridgehead atoms. The predicted molar refractivity (Wildman–Crippen MR) is 143 cm³/mol. The number of halogens is 4. The first-order chi connectivity index (χ1) is 19.5. The molecule has 14 heteroatoms. The fourth-order valence-corrected chi connectivity index (χ4v) is 4.36. The van der Waals surface area contributed by atoms with Crippen LogP contribution in [0.4, 0.5) is 18.9 Å². The number of amides is 2. The highest BCUT2D eigenvalue weighted by Crippen LogP contribution is 2.38. The van der Waals surface area contributed by atoms with Gasteiger partial charge < -0.3 is 20.2 Å². The molecule has 2 aromatic carbocycles. The first-order valence-corrected chi connectivity index (χ1v) is 12.5. The number of hydrogen-bond acceptors (Lipinski definition) is 7. The third-order valence-corrected chi connectivity index (χ3v) is 6.33. The maximum absolute atomic E-state index is 14.2. The van der Waals surface area contributed by atoms with E-state index in [0.717, 1.165) is 12.1 Å². The zero-order chi connectivity index (χ0) is 29.8. The number of carbonyl (C=O) groups excluding carboxylic acids is 2. The van der Waals surface area contributed by atoms with E-state index in [2.05, 4.69) is 15.5 Å². The van der Waals surface area contributed by atoms with Gasteiger partial charge in [0.15, 0.2) is 0 Å². The Labute approximate surface area is 235 Å². The minimum Gasteiger partial charge on any atom is -0.495 e. The third-order valence-electron chi connectivity index (χ3n) is 6.10. The maximum atomic E-state index is 14.2. The summed E-state index contributed by atoms with van der Waals surface area (Å²) >= 11 is 6.21. The van der Waals surface area contributed by atoms with Gasteiger partial charge in [-0.05, 0) is 48.4 Å². The highest BCUT2D eigenvalue weighted by molar-refractivity contribution is 6.31. The molecule has 2 heterocycles. The van der Waals surface area contributed by atoms with E-state index in [4.69, 9.17) is 26.5 Å². The summed E-state index contributed by atoms with van der Waals surface area (Å²) in [6, 6.07) is 8.02. The Bertz CT molecular complexity index is 1670. The van der Waals surface area contributed by atoms with Crippen LogP contribution < -0.4 is 21.3 Å². The Kier molecular flexibility index (Phi) is 8.77. The molecule has 2 aromatic heterocycles. The van der Waals surface area contributed by atoms with Gasteiger partial charge in [0.1, 0.15) is 17.6 Å². The summed E-state index contributed by atoms with van der Waals surface area (Å²) in [6.07, 6.45) is -0.912. The molecule has 3 N–H and O–H groups in total. The summed E-state index contributed by atoms with van der Waals surface area (Å²) in [5.41, 5.74) is 4.97. The molecule has 0 aliphatic heterocycles. The Morgan fingerprint density at radius 1 is 1.12 bits per heavy atom. The minimum absolute atomic E-state index is 0.0570. The van der Waals surface area contributed by atoms with Crippen LogP contribution >= 0.6 is 11.6 Å². The van der Waals surface area contributed by atoms with E-state index >= 15 is 0 Å². The zero-order valence-corrected chi connectivity index (χ0v) is 22.4. The summed E-state index contributed by atoms with van der Waals surface area (Å²) in [7, 11) is 1.34. The van der Waals surface area contributed by atoms with E-state index in [1.807, 2.05) is 6.92 Å². The van der Waals surface area contributed by atoms with Gasteiger partial charge in [-0.25, -0.2) is 4.39 Å². The normalized spacial score (nSPS) is 11.9. The van der Waals surface area contributed by atoms with Crippen molar-refractivity contribution < 1.29 is 31.9 Å². The van der Waals surface area contributed by atoms with E-state index in [9.17, 15) is 27.6 Å². The number of nitrogens with zero attached hydrogens (tertiary/aromatic N) is 3. The summed E-state index contributed by atoms with van der Waals surface area (Å²) in [6.45, 7) is 1.81. The standard InChI is InChI=1S/C27H23ClF3N5O5/c1-3-4-20(25(39)33-14-6-8-16(24(32)38)19(29)10-14)36-12-21(40-2)18(11-22(36)37)17-9-13(28)5-7-15(17)26-34-35-27(41-26)23(30)31/h5-12,20,23H,3-4H2,1-2H3,(H2,32,38)(H,33,39). The van der Waals surface area contributed by atoms with Crippen LogP contribution in [0.15, 0.2) is 57.9 Å². The van der Waals surface area contributed by atoms with Crippen molar-refractivity contribution in [3.63, 3.8) is 0 Å². The van der Waals surface area contributed by atoms with Crippen LogP contribution in [0.25, 0.3) is 22.6 Å². The van der Waals surface area contributed by atoms with Crippen molar-refractivity contribution >= 4 is 29.1 Å². The quantitative estimate of drug-likeness (QED) is 0.253. The molecule has 0 radical (unpaired) electrons. The molecule has 0 fully saturated rings. The molecule has 0 aliphatic rings. The molecule has 0 saturated heterocycles. The number of methoxy groups -OCH3 is 1. The lowest BCUT2D eigenvalue weighted by Gasteiger charge is -2.21. The molecule has 4 rings (SSSR count). The van der Waals surface area contributed by atoms with E-state index in [0.29, 0.717) is 6.42 Å². The molecular formula is C27H23ClF3N5O5. The molecule has 214 valence electrons. The van der Waals surface area contributed by atoms with Crippen LogP contribution in [-0.4, -0.2) is 33.7 Å². The van der Waals surface area contributed by atoms with E-state index < -0.39 is 41.5 Å². The van der Waals surface area contributed by atoms with Crippen LogP contribution in [-0.2, 0) is 4.79 Å². The average Bonchev–Trinajstić information content (AvgIpc) is 3.42. The van der Waals surface area contributed by atoms with Crippen molar-refractivity contribution in [2.24, 2.45) is 5.73 Å². The molecule has 1 atom stereocenters. The lowest BCUT2D eigenvalue weighted by molar-refractivity contribution is -0.119. The van der Waals surface area contributed by atoms with Crippen LogP contribution in [0, 0.1) is 5.82 Å².